The Balaban J connectivity index is 1.47. The quantitative estimate of drug-likeness (QED) is 0.253. The molecule has 2 aliphatic rings. The Labute approximate surface area is 201 Å². The van der Waals surface area contributed by atoms with Crippen molar-refractivity contribution >= 4 is 33.1 Å². The van der Waals surface area contributed by atoms with Crippen molar-refractivity contribution in [2.75, 3.05) is 10.0 Å². The maximum Gasteiger partial charge on any atom is 0.335 e. The van der Waals surface area contributed by atoms with Crippen molar-refractivity contribution in [2.24, 2.45) is 5.92 Å². The molecule has 9 nitrogen and oxygen atoms in total. The normalized spacial score (nSPS) is 20.4. The second-order valence-corrected chi connectivity index (χ2v) is 10.2. The molecule has 35 heavy (non-hydrogen) atoms. The molecule has 1 aliphatic carbocycles. The van der Waals surface area contributed by atoms with Gasteiger partial charge in [0.25, 0.3) is 15.7 Å². The van der Waals surface area contributed by atoms with Crippen LogP contribution in [0.5, 0.6) is 0 Å². The lowest BCUT2D eigenvalue weighted by molar-refractivity contribution is -0.385. The molecular formula is C25H21N3O6S. The Hall–Kier alpha value is -4.18. The Morgan fingerprint density at radius 2 is 1.80 bits per heavy atom. The van der Waals surface area contributed by atoms with Gasteiger partial charge in [0.2, 0.25) is 0 Å². The van der Waals surface area contributed by atoms with Crippen LogP contribution in [0, 0.1) is 16.0 Å². The number of nitrogens with zero attached hydrogens (tertiary/aromatic N) is 1. The van der Waals surface area contributed by atoms with Gasteiger partial charge in [-0.15, -0.1) is 0 Å². The monoisotopic (exact) mass is 491 g/mol. The number of allylic oxidation sites excluding steroid dienone is 2. The Kier molecular flexibility index (Phi) is 5.52. The van der Waals surface area contributed by atoms with Gasteiger partial charge in [0.05, 0.1) is 27.0 Å². The third-order valence-electron chi connectivity index (χ3n) is 6.50. The molecule has 5 rings (SSSR count). The Morgan fingerprint density at radius 1 is 1.06 bits per heavy atom. The second-order valence-electron chi connectivity index (χ2n) is 8.53. The minimum Gasteiger partial charge on any atom is -0.478 e. The van der Waals surface area contributed by atoms with Crippen LogP contribution in [0.25, 0.3) is 0 Å². The number of sulfonamides is 1. The lowest BCUT2D eigenvalue weighted by atomic mass is 9.76. The predicted octanol–water partition coefficient (Wildman–Crippen LogP) is 4.92. The number of hydrogen-bond acceptors (Lipinski definition) is 6. The first-order valence-electron chi connectivity index (χ1n) is 10.9. The highest BCUT2D eigenvalue weighted by molar-refractivity contribution is 7.92. The van der Waals surface area contributed by atoms with Gasteiger partial charge in [0.1, 0.15) is 0 Å². The van der Waals surface area contributed by atoms with Gasteiger partial charge >= 0.3 is 5.97 Å². The first-order valence-corrected chi connectivity index (χ1v) is 12.4. The number of carboxylic acid groups (broad SMARTS) is 1. The van der Waals surface area contributed by atoms with Crippen LogP contribution in [0.3, 0.4) is 0 Å². The topological polar surface area (TPSA) is 139 Å². The maximum absolute atomic E-state index is 13.1. The van der Waals surface area contributed by atoms with E-state index in [9.17, 15) is 23.3 Å². The SMILES string of the molecule is O=C(O)c1ccc(NS(=O)(=O)c2ccc3c(c2)[C@H]2C=CC[C@H]2[C@@H](c2ccccc2[N+](=O)[O-])N3)cc1. The van der Waals surface area contributed by atoms with E-state index in [1.807, 2.05) is 12.2 Å². The summed E-state index contributed by atoms with van der Waals surface area (Å²) in [4.78, 5) is 22.3. The van der Waals surface area contributed by atoms with Gasteiger partial charge in [-0.1, -0.05) is 30.4 Å². The van der Waals surface area contributed by atoms with E-state index in [1.54, 1.807) is 30.3 Å². The van der Waals surface area contributed by atoms with Gasteiger partial charge in [-0.2, -0.15) is 0 Å². The zero-order valence-electron chi connectivity index (χ0n) is 18.3. The van der Waals surface area contributed by atoms with Crippen LogP contribution in [0.15, 0.2) is 83.8 Å². The summed E-state index contributed by atoms with van der Waals surface area (Å²) in [6.45, 7) is 0. The van der Waals surface area contributed by atoms with Crippen LogP contribution >= 0.6 is 0 Å². The fraction of sp³-hybridized carbons (Fsp3) is 0.160. The number of fused-ring (bicyclic) bond motifs is 3. The molecule has 0 aromatic heterocycles. The zero-order chi connectivity index (χ0) is 24.7. The fourth-order valence-electron chi connectivity index (χ4n) is 4.86. The standard InChI is InChI=1S/C25H21N3O6S/c29-25(30)15-8-10-16(11-9-15)27-35(33,34)17-12-13-22-21(14-17)18-5-3-6-19(18)24(26-22)20-4-1-2-7-23(20)28(31)32/h1-5,7-14,18-19,24,26-27H,6H2,(H,29,30)/t18-,19+,24-/m0/s1. The summed E-state index contributed by atoms with van der Waals surface area (Å²) in [5.41, 5.74) is 2.50. The van der Waals surface area contributed by atoms with Gasteiger partial charge < -0.3 is 10.4 Å². The molecule has 10 heteroatoms. The van der Waals surface area contributed by atoms with Gasteiger partial charge in [0.15, 0.2) is 0 Å². The molecule has 0 radical (unpaired) electrons. The van der Waals surface area contributed by atoms with Crippen LogP contribution in [-0.2, 0) is 10.0 Å². The summed E-state index contributed by atoms with van der Waals surface area (Å²) in [6.07, 6.45) is 4.76. The average Bonchev–Trinajstić information content (AvgIpc) is 3.34. The van der Waals surface area contributed by atoms with Gasteiger partial charge in [-0.25, -0.2) is 13.2 Å². The number of carbonyl (C=O) groups is 1. The van der Waals surface area contributed by atoms with Crippen molar-refractivity contribution in [3.8, 4) is 0 Å². The molecule has 3 aromatic carbocycles. The number of carboxylic acids is 1. The number of para-hydroxylation sites is 1. The van der Waals surface area contributed by atoms with Crippen molar-refractivity contribution in [1.82, 2.24) is 0 Å². The molecule has 3 aromatic rings. The van der Waals surface area contributed by atoms with Crippen molar-refractivity contribution in [1.29, 1.82) is 0 Å². The van der Waals surface area contributed by atoms with Crippen LogP contribution in [0.1, 0.15) is 39.9 Å². The molecule has 0 saturated heterocycles. The largest absolute Gasteiger partial charge is 0.478 e. The first-order chi connectivity index (χ1) is 16.7. The number of nitrogens with one attached hydrogen (secondary N) is 2. The summed E-state index contributed by atoms with van der Waals surface area (Å²) in [5.74, 6) is -1.20. The number of hydrogen-bond donors (Lipinski definition) is 3. The fourth-order valence-corrected chi connectivity index (χ4v) is 5.95. The van der Waals surface area contributed by atoms with Crippen molar-refractivity contribution in [2.45, 2.75) is 23.3 Å². The Morgan fingerprint density at radius 3 is 2.51 bits per heavy atom. The van der Waals surface area contributed by atoms with E-state index >= 15 is 0 Å². The van der Waals surface area contributed by atoms with Crippen LogP contribution in [-0.4, -0.2) is 24.4 Å². The molecule has 1 aliphatic heterocycles. The first kappa shape index (κ1) is 22.6. The van der Waals surface area contributed by atoms with Crippen LogP contribution in [0.2, 0.25) is 0 Å². The molecule has 178 valence electrons. The Bertz CT molecular complexity index is 1470. The third kappa shape index (κ3) is 4.12. The van der Waals surface area contributed by atoms with E-state index in [4.69, 9.17) is 5.11 Å². The number of benzene rings is 3. The van der Waals surface area contributed by atoms with E-state index in [2.05, 4.69) is 10.0 Å². The van der Waals surface area contributed by atoms with E-state index in [0.717, 1.165) is 11.3 Å². The molecule has 0 unspecified atom stereocenters. The molecule has 1 heterocycles. The summed E-state index contributed by atoms with van der Waals surface area (Å²) < 4.78 is 28.6. The molecule has 0 bridgehead atoms. The molecule has 0 amide bonds. The van der Waals surface area contributed by atoms with Crippen molar-refractivity contribution in [3.63, 3.8) is 0 Å². The minimum atomic E-state index is -3.93. The summed E-state index contributed by atoms with van der Waals surface area (Å²) in [7, 11) is -3.93. The highest BCUT2D eigenvalue weighted by Crippen LogP contribution is 2.51. The van der Waals surface area contributed by atoms with Gasteiger partial charge in [0, 0.05) is 23.4 Å². The van der Waals surface area contributed by atoms with Gasteiger partial charge in [-0.05, 0) is 60.4 Å². The number of nitro groups is 1. The van der Waals surface area contributed by atoms with E-state index in [1.165, 1.54) is 36.4 Å². The molecule has 0 fully saturated rings. The number of anilines is 2. The molecule has 3 atom stereocenters. The summed E-state index contributed by atoms with van der Waals surface area (Å²) >= 11 is 0. The second kappa shape index (κ2) is 8.55. The molecular weight excluding hydrogens is 470 g/mol. The lowest BCUT2D eigenvalue weighted by Crippen LogP contribution is -2.30. The highest BCUT2D eigenvalue weighted by Gasteiger charge is 2.40. The number of aromatic carboxylic acids is 1. The predicted molar refractivity (Wildman–Crippen MR) is 130 cm³/mol. The van der Waals surface area contributed by atoms with Crippen LogP contribution in [0.4, 0.5) is 17.1 Å². The molecule has 0 saturated carbocycles. The lowest BCUT2D eigenvalue weighted by Gasteiger charge is -2.37. The third-order valence-corrected chi connectivity index (χ3v) is 7.88. The number of rotatable bonds is 6. The van der Waals surface area contributed by atoms with E-state index in [0.29, 0.717) is 12.0 Å². The number of nitro benzene ring substituents is 1. The van der Waals surface area contributed by atoms with Crippen LogP contribution < -0.4 is 10.0 Å². The minimum absolute atomic E-state index is 0.00178. The summed E-state index contributed by atoms with van der Waals surface area (Å²) in [6, 6.07) is 16.6. The smallest absolute Gasteiger partial charge is 0.335 e. The average molecular weight is 492 g/mol. The highest BCUT2D eigenvalue weighted by atomic mass is 32.2. The van der Waals surface area contributed by atoms with Crippen molar-refractivity contribution < 1.29 is 23.2 Å². The van der Waals surface area contributed by atoms with E-state index < -0.39 is 16.0 Å². The molecule has 3 N–H and O–H groups in total. The maximum atomic E-state index is 13.1. The van der Waals surface area contributed by atoms with Crippen molar-refractivity contribution in [3.05, 3.63) is 106 Å². The molecule has 0 spiro atoms. The zero-order valence-corrected chi connectivity index (χ0v) is 19.1. The van der Waals surface area contributed by atoms with E-state index in [-0.39, 0.29) is 44.6 Å². The summed E-state index contributed by atoms with van der Waals surface area (Å²) in [5, 5.41) is 24.1. The van der Waals surface area contributed by atoms with Gasteiger partial charge in [-0.3, -0.25) is 14.8 Å².